The summed E-state index contributed by atoms with van der Waals surface area (Å²) in [7, 11) is -2.23. The van der Waals surface area contributed by atoms with Gasteiger partial charge in [0.25, 0.3) is 0 Å². The smallest absolute Gasteiger partial charge is 0.199 e. The van der Waals surface area contributed by atoms with Gasteiger partial charge in [0.2, 0.25) is 0 Å². The molecule has 0 aliphatic carbocycles. The molecule has 1 aromatic rings. The van der Waals surface area contributed by atoms with Crippen molar-refractivity contribution >= 4 is 76.9 Å². The third-order valence-corrected chi connectivity index (χ3v) is 6.16. The Morgan fingerprint density at radius 2 is 2.12 bits per heavy atom. The molecule has 1 heterocycles. The van der Waals surface area contributed by atoms with E-state index in [4.69, 9.17) is 52.1 Å². The number of hydrogen-bond donors (Lipinski definition) is 1. The molecule has 1 rings (SSSR count). The van der Waals surface area contributed by atoms with Crippen molar-refractivity contribution in [3.63, 3.8) is 0 Å². The Bertz CT molecular complexity index is 649. The minimum Gasteiger partial charge on any atom is -0.324 e. The van der Waals surface area contributed by atoms with Gasteiger partial charge in [-0.2, -0.15) is 14.6 Å². The maximum atomic E-state index is 9.00. The largest absolute Gasteiger partial charge is 0.324 e. The molecular formula is C6H2N4S6. The van der Waals surface area contributed by atoms with Gasteiger partial charge in [0.15, 0.2) is 10.6 Å². The summed E-state index contributed by atoms with van der Waals surface area (Å²) in [6.45, 7) is 0. The molecule has 4 nitrogen and oxygen atoms in total. The molecule has 0 atom stereocenters. The first-order valence-electron chi connectivity index (χ1n) is 3.54. The fraction of sp³-hybridized carbons (Fsp3) is 0. The Labute approximate surface area is 117 Å². The van der Waals surface area contributed by atoms with E-state index in [2.05, 4.69) is 26.8 Å². The van der Waals surface area contributed by atoms with Gasteiger partial charge in [-0.3, -0.25) is 0 Å². The average Bonchev–Trinajstić information content (AvgIpc) is 2.27. The van der Waals surface area contributed by atoms with Crippen LogP contribution >= 0.6 is 24.4 Å². The van der Waals surface area contributed by atoms with Gasteiger partial charge in [-0.1, -0.05) is 12.2 Å². The van der Waals surface area contributed by atoms with Crippen LogP contribution in [0.2, 0.25) is 0 Å². The van der Waals surface area contributed by atoms with Crippen LogP contribution in [-0.2, 0) is 41.9 Å². The lowest BCUT2D eigenvalue weighted by atomic mass is 10.3. The molecule has 82 valence electrons. The summed E-state index contributed by atoms with van der Waals surface area (Å²) < 4.78 is 4.84. The lowest BCUT2D eigenvalue weighted by Gasteiger charge is -2.07. The maximum absolute atomic E-state index is 9.00. The number of hydrogen-bond acceptors (Lipinski definition) is 8. The third kappa shape index (κ3) is 2.68. The van der Waals surface area contributed by atoms with Crippen LogP contribution in [0, 0.1) is 16.1 Å². The summed E-state index contributed by atoms with van der Waals surface area (Å²) in [5, 5.41) is 9.31. The minimum atomic E-state index is -2.23. The number of nitrogens with zero attached hydrogens (tertiary/aromatic N) is 3. The molecule has 0 saturated carbocycles. The first kappa shape index (κ1) is 13.8. The molecule has 0 aromatic carbocycles. The van der Waals surface area contributed by atoms with E-state index in [0.29, 0.717) is 5.03 Å². The topological polar surface area (TPSA) is 64.8 Å². The van der Waals surface area contributed by atoms with E-state index in [9.17, 15) is 0 Å². The molecule has 0 aliphatic rings. The van der Waals surface area contributed by atoms with Crippen molar-refractivity contribution < 1.29 is 0 Å². The Hall–Kier alpha value is -0.310. The SMILES string of the molecule is N#Cc1c(N=S)nc(=S)[nH]c1S(=S)(=S)C=S. The summed E-state index contributed by atoms with van der Waals surface area (Å²) in [6.07, 6.45) is 0. The van der Waals surface area contributed by atoms with Crippen LogP contribution in [0.3, 0.4) is 0 Å². The molecule has 0 aliphatic heterocycles. The average molecular weight is 323 g/mol. The number of nitriles is 1. The molecule has 0 fully saturated rings. The van der Waals surface area contributed by atoms with Crippen molar-refractivity contribution in [3.8, 4) is 6.07 Å². The van der Waals surface area contributed by atoms with E-state index in [1.165, 1.54) is 4.70 Å². The van der Waals surface area contributed by atoms with Crippen molar-refractivity contribution in [2.24, 2.45) is 4.36 Å². The predicted molar refractivity (Wildman–Crippen MR) is 77.6 cm³/mol. The van der Waals surface area contributed by atoms with E-state index in [-0.39, 0.29) is 16.2 Å². The third-order valence-electron chi connectivity index (χ3n) is 1.49. The monoisotopic (exact) mass is 322 g/mol. The number of thiocarbonyl (C=S) groups is 1. The molecule has 1 N–H and O–H groups in total. The van der Waals surface area contributed by atoms with Crippen molar-refractivity contribution in [3.05, 3.63) is 10.3 Å². The molecule has 0 amide bonds. The van der Waals surface area contributed by atoms with E-state index >= 15 is 0 Å². The fourth-order valence-corrected chi connectivity index (χ4v) is 3.05. The number of rotatable bonds is 3. The zero-order valence-corrected chi connectivity index (χ0v) is 12.3. The van der Waals surface area contributed by atoms with Gasteiger partial charge in [-0.15, -0.1) is 0 Å². The highest BCUT2D eigenvalue weighted by molar-refractivity contribution is 8.64. The number of aromatic nitrogens is 2. The summed E-state index contributed by atoms with van der Waals surface area (Å²) in [4.78, 5) is 6.51. The Balaban J connectivity index is 3.84. The summed E-state index contributed by atoms with van der Waals surface area (Å²) in [6, 6.07) is 1.90. The first-order chi connectivity index (χ1) is 7.46. The second-order valence-corrected chi connectivity index (χ2v) is 9.04. The van der Waals surface area contributed by atoms with Crippen LogP contribution in [0.4, 0.5) is 5.82 Å². The van der Waals surface area contributed by atoms with Crippen molar-refractivity contribution in [1.82, 2.24) is 9.97 Å². The fourth-order valence-electron chi connectivity index (χ4n) is 0.870. The number of H-pyrrole nitrogens is 1. The lowest BCUT2D eigenvalue weighted by Crippen LogP contribution is -2.05. The van der Waals surface area contributed by atoms with Gasteiger partial charge in [0, 0.05) is 17.1 Å². The van der Waals surface area contributed by atoms with E-state index in [1.54, 1.807) is 0 Å². The van der Waals surface area contributed by atoms with Crippen LogP contribution in [0.15, 0.2) is 9.39 Å². The lowest BCUT2D eigenvalue weighted by molar-refractivity contribution is 1.01. The van der Waals surface area contributed by atoms with Gasteiger partial charge >= 0.3 is 0 Å². The standard InChI is InChI=1S/C6H2N4S6/c7-1-3-4(10-13)8-6(12)9-5(3)16(14,15)2-11/h2H,(H,8,9,12). The van der Waals surface area contributed by atoms with Gasteiger partial charge in [0.05, 0.1) is 0 Å². The molecule has 0 spiro atoms. The van der Waals surface area contributed by atoms with E-state index in [1.807, 2.05) is 6.07 Å². The molecule has 0 bridgehead atoms. The second kappa shape index (κ2) is 5.35. The molecule has 1 aromatic heterocycles. The zero-order chi connectivity index (χ0) is 12.3. The van der Waals surface area contributed by atoms with Crippen LogP contribution in [0.5, 0.6) is 0 Å². The normalized spacial score (nSPS) is 10.4. The first-order valence-corrected chi connectivity index (χ1v) is 8.33. The maximum Gasteiger partial charge on any atom is 0.199 e. The van der Waals surface area contributed by atoms with Gasteiger partial charge < -0.3 is 4.98 Å². The van der Waals surface area contributed by atoms with Crippen molar-refractivity contribution in [2.75, 3.05) is 0 Å². The second-order valence-electron chi connectivity index (χ2n) is 2.41. The molecule has 0 radical (unpaired) electrons. The van der Waals surface area contributed by atoms with Crippen LogP contribution in [0.25, 0.3) is 0 Å². The van der Waals surface area contributed by atoms with Crippen LogP contribution < -0.4 is 0 Å². The highest BCUT2D eigenvalue weighted by Crippen LogP contribution is 2.21. The van der Waals surface area contributed by atoms with E-state index < -0.39 is 7.15 Å². The van der Waals surface area contributed by atoms with Crippen molar-refractivity contribution in [1.29, 1.82) is 5.26 Å². The molecule has 0 unspecified atom stereocenters. The van der Waals surface area contributed by atoms with Crippen LogP contribution in [-0.4, -0.2) is 14.7 Å². The summed E-state index contributed by atoms with van der Waals surface area (Å²) in [5.74, 6) is 0.0553. The summed E-state index contributed by atoms with van der Waals surface area (Å²) in [5.41, 5.74) is 0.115. The predicted octanol–water partition coefficient (Wildman–Crippen LogP) is 1.77. The van der Waals surface area contributed by atoms with Gasteiger partial charge in [0.1, 0.15) is 16.7 Å². The Kier molecular flexibility index (Phi) is 4.60. The highest BCUT2D eigenvalue weighted by Gasteiger charge is 2.15. The Morgan fingerprint density at radius 3 is 2.56 bits per heavy atom. The van der Waals surface area contributed by atoms with E-state index in [0.717, 1.165) is 0 Å². The van der Waals surface area contributed by atoms with Crippen LogP contribution in [0.1, 0.15) is 5.56 Å². The number of nitrogens with one attached hydrogen (secondary N) is 1. The summed E-state index contributed by atoms with van der Waals surface area (Å²) >= 11 is 24.4. The van der Waals surface area contributed by atoms with Gasteiger partial charge in [-0.05, 0) is 41.7 Å². The molecular weight excluding hydrogens is 320 g/mol. The van der Waals surface area contributed by atoms with Crippen molar-refractivity contribution in [2.45, 2.75) is 5.03 Å². The Morgan fingerprint density at radius 1 is 1.50 bits per heavy atom. The molecule has 0 saturated heterocycles. The quantitative estimate of drug-likeness (QED) is 0.672. The molecule has 16 heavy (non-hydrogen) atoms. The zero-order valence-electron chi connectivity index (χ0n) is 7.37. The highest BCUT2D eigenvalue weighted by atomic mass is 33.1. The van der Waals surface area contributed by atoms with Gasteiger partial charge in [-0.25, -0.2) is 0 Å². The molecule has 10 heteroatoms. The minimum absolute atomic E-state index is 0.0553. The number of aromatic amines is 1.